The Hall–Kier alpha value is -1.40. The van der Waals surface area contributed by atoms with E-state index in [2.05, 4.69) is 32.7 Å². The third-order valence-electron chi connectivity index (χ3n) is 4.31. The lowest BCUT2D eigenvalue weighted by atomic mass is 10.1. The zero-order chi connectivity index (χ0) is 15.9. The van der Waals surface area contributed by atoms with Crippen LogP contribution in [-0.4, -0.2) is 53.7 Å². The van der Waals surface area contributed by atoms with Crippen LogP contribution in [0.2, 0.25) is 0 Å². The maximum absolute atomic E-state index is 9.38. The Morgan fingerprint density at radius 2 is 2.30 bits per heavy atom. The first-order valence-corrected chi connectivity index (χ1v) is 9.08. The number of aliphatic hydroxyl groups excluding tert-OH is 1. The second kappa shape index (κ2) is 8.45. The molecular weight excluding hydrogens is 308 g/mol. The molecule has 0 saturated carbocycles. The Morgan fingerprint density at radius 1 is 1.35 bits per heavy atom. The van der Waals surface area contributed by atoms with Crippen LogP contribution in [0.4, 0.5) is 0 Å². The van der Waals surface area contributed by atoms with Crippen molar-refractivity contribution in [3.63, 3.8) is 0 Å². The fourth-order valence-corrected chi connectivity index (χ4v) is 3.74. The summed E-state index contributed by atoms with van der Waals surface area (Å²) in [4.78, 5) is 4.95. The minimum atomic E-state index is 0.251. The molecule has 0 aromatic carbocycles. The van der Waals surface area contributed by atoms with Gasteiger partial charge in [0.05, 0.1) is 6.26 Å². The highest BCUT2D eigenvalue weighted by Gasteiger charge is 2.26. The Labute approximate surface area is 141 Å². The van der Waals surface area contributed by atoms with Crippen molar-refractivity contribution in [2.24, 2.45) is 0 Å². The highest BCUT2D eigenvalue weighted by atomic mass is 32.1. The minimum absolute atomic E-state index is 0.251. The van der Waals surface area contributed by atoms with Crippen LogP contribution >= 0.6 is 11.3 Å². The lowest BCUT2D eigenvalue weighted by Gasteiger charge is -2.41. The molecule has 1 N–H and O–H groups in total. The first kappa shape index (κ1) is 16.5. The van der Waals surface area contributed by atoms with Gasteiger partial charge in [-0.3, -0.25) is 9.80 Å². The molecule has 2 aromatic heterocycles. The Bertz CT molecular complexity index is 580. The monoisotopic (exact) mass is 332 g/mol. The third-order valence-corrected chi connectivity index (χ3v) is 5.04. The number of hydrogen-bond donors (Lipinski definition) is 1. The molecule has 0 amide bonds. The van der Waals surface area contributed by atoms with Crippen molar-refractivity contribution >= 4 is 17.4 Å². The predicted octanol–water partition coefficient (Wildman–Crippen LogP) is 2.92. The summed E-state index contributed by atoms with van der Waals surface area (Å²) < 4.78 is 5.31. The average Bonchev–Trinajstić information content (AvgIpc) is 3.24. The van der Waals surface area contributed by atoms with Crippen LogP contribution in [0.15, 0.2) is 45.7 Å². The molecule has 0 aliphatic carbocycles. The lowest BCUT2D eigenvalue weighted by molar-refractivity contribution is 0.0597. The molecule has 0 bridgehead atoms. The van der Waals surface area contributed by atoms with E-state index in [-0.39, 0.29) is 6.61 Å². The van der Waals surface area contributed by atoms with E-state index in [9.17, 15) is 5.11 Å². The summed E-state index contributed by atoms with van der Waals surface area (Å²) in [6.45, 7) is 5.29. The van der Waals surface area contributed by atoms with Crippen LogP contribution in [-0.2, 0) is 6.54 Å². The predicted molar refractivity (Wildman–Crippen MR) is 94.4 cm³/mol. The summed E-state index contributed by atoms with van der Waals surface area (Å²) in [6, 6.07) is 6.48. The van der Waals surface area contributed by atoms with Gasteiger partial charge < -0.3 is 9.52 Å². The van der Waals surface area contributed by atoms with Crippen molar-refractivity contribution in [2.75, 3.05) is 32.8 Å². The summed E-state index contributed by atoms with van der Waals surface area (Å²) >= 11 is 1.75. The summed E-state index contributed by atoms with van der Waals surface area (Å²) in [6.07, 6.45) is 6.71. The van der Waals surface area contributed by atoms with Crippen molar-refractivity contribution in [1.29, 1.82) is 0 Å². The van der Waals surface area contributed by atoms with Gasteiger partial charge in [-0.1, -0.05) is 6.08 Å². The molecular formula is C18H24N2O2S. The number of furan rings is 1. The van der Waals surface area contributed by atoms with Crippen LogP contribution < -0.4 is 0 Å². The maximum atomic E-state index is 9.38. The number of piperazine rings is 1. The summed E-state index contributed by atoms with van der Waals surface area (Å²) in [7, 11) is 0. The first-order valence-electron chi connectivity index (χ1n) is 8.13. The van der Waals surface area contributed by atoms with Crippen molar-refractivity contribution < 1.29 is 9.52 Å². The second-order valence-corrected chi connectivity index (χ2v) is 6.73. The van der Waals surface area contributed by atoms with E-state index in [1.807, 2.05) is 18.2 Å². The molecule has 0 unspecified atom stereocenters. The highest BCUT2D eigenvalue weighted by molar-refractivity contribution is 7.07. The molecule has 0 radical (unpaired) electrons. The minimum Gasteiger partial charge on any atom is -0.465 e. The standard InChI is InChI=1S/C18H24N2O2S/c21-10-5-17-14-19(7-1-3-18-4-2-11-22-18)8-9-20(17)13-16-6-12-23-15-16/h1-4,6,11-12,15,17,21H,5,7-10,13-14H2/b3-1+/t17-/m0/s1. The average molecular weight is 332 g/mol. The molecule has 23 heavy (non-hydrogen) atoms. The Kier molecular flexibility index (Phi) is 6.05. The molecule has 1 aliphatic heterocycles. The zero-order valence-corrected chi connectivity index (χ0v) is 14.1. The fraction of sp³-hybridized carbons (Fsp3) is 0.444. The second-order valence-electron chi connectivity index (χ2n) is 5.95. The molecule has 3 rings (SSSR count). The molecule has 4 nitrogen and oxygen atoms in total. The Morgan fingerprint density at radius 3 is 3.04 bits per heavy atom. The van der Waals surface area contributed by atoms with Gasteiger partial charge in [-0.2, -0.15) is 11.3 Å². The lowest BCUT2D eigenvalue weighted by Crippen LogP contribution is -2.52. The van der Waals surface area contributed by atoms with Gasteiger partial charge in [0.1, 0.15) is 5.76 Å². The van der Waals surface area contributed by atoms with E-state index in [1.165, 1.54) is 5.56 Å². The molecule has 5 heteroatoms. The molecule has 1 saturated heterocycles. The quantitative estimate of drug-likeness (QED) is 0.846. The van der Waals surface area contributed by atoms with E-state index < -0.39 is 0 Å². The number of aliphatic hydroxyl groups is 1. The maximum Gasteiger partial charge on any atom is 0.126 e. The SMILES string of the molecule is OCC[C@H]1CN(C/C=C/c2ccco2)CCN1Cc1ccsc1. The molecule has 0 spiro atoms. The van der Waals surface area contributed by atoms with Crippen molar-refractivity contribution in [3.8, 4) is 0 Å². The molecule has 3 heterocycles. The molecule has 1 fully saturated rings. The molecule has 124 valence electrons. The van der Waals surface area contributed by atoms with E-state index >= 15 is 0 Å². The van der Waals surface area contributed by atoms with Crippen molar-refractivity contribution in [3.05, 3.63) is 52.6 Å². The van der Waals surface area contributed by atoms with Crippen LogP contribution in [0, 0.1) is 0 Å². The summed E-state index contributed by atoms with van der Waals surface area (Å²) in [5.74, 6) is 0.896. The topological polar surface area (TPSA) is 39.9 Å². The van der Waals surface area contributed by atoms with Crippen molar-refractivity contribution in [2.45, 2.75) is 19.0 Å². The van der Waals surface area contributed by atoms with Gasteiger partial charge in [-0.15, -0.1) is 0 Å². The van der Waals surface area contributed by atoms with E-state index in [0.29, 0.717) is 6.04 Å². The van der Waals surface area contributed by atoms with Gasteiger partial charge in [0.2, 0.25) is 0 Å². The zero-order valence-electron chi connectivity index (χ0n) is 13.3. The third kappa shape index (κ3) is 4.78. The number of thiophene rings is 1. The Balaban J connectivity index is 1.53. The van der Waals surface area contributed by atoms with Crippen LogP contribution in [0.1, 0.15) is 17.7 Å². The normalized spacial score (nSPS) is 20.5. The number of rotatable bonds is 7. The molecule has 1 aliphatic rings. The van der Waals surface area contributed by atoms with Crippen LogP contribution in [0.5, 0.6) is 0 Å². The van der Waals surface area contributed by atoms with Gasteiger partial charge in [0, 0.05) is 45.4 Å². The molecule has 2 aromatic rings. The van der Waals surface area contributed by atoms with Gasteiger partial charge in [-0.05, 0) is 47.0 Å². The largest absolute Gasteiger partial charge is 0.465 e. The van der Waals surface area contributed by atoms with Crippen molar-refractivity contribution in [1.82, 2.24) is 9.80 Å². The van der Waals surface area contributed by atoms with Gasteiger partial charge in [0.15, 0.2) is 0 Å². The summed E-state index contributed by atoms with van der Waals surface area (Å²) in [5, 5.41) is 13.7. The number of hydrogen-bond acceptors (Lipinski definition) is 5. The summed E-state index contributed by atoms with van der Waals surface area (Å²) in [5.41, 5.74) is 1.38. The highest BCUT2D eigenvalue weighted by Crippen LogP contribution is 2.18. The van der Waals surface area contributed by atoms with Crippen LogP contribution in [0.25, 0.3) is 6.08 Å². The smallest absolute Gasteiger partial charge is 0.126 e. The molecule has 1 atom stereocenters. The van der Waals surface area contributed by atoms with Crippen LogP contribution in [0.3, 0.4) is 0 Å². The van der Waals surface area contributed by atoms with Gasteiger partial charge in [-0.25, -0.2) is 0 Å². The van der Waals surface area contributed by atoms with E-state index in [1.54, 1.807) is 17.6 Å². The van der Waals surface area contributed by atoms with E-state index in [0.717, 1.165) is 44.9 Å². The number of nitrogens with zero attached hydrogens (tertiary/aromatic N) is 2. The van der Waals surface area contributed by atoms with E-state index in [4.69, 9.17) is 4.42 Å². The van der Waals surface area contributed by atoms with Gasteiger partial charge in [0.25, 0.3) is 0 Å². The first-order chi connectivity index (χ1) is 11.3. The fourth-order valence-electron chi connectivity index (χ4n) is 3.08. The van der Waals surface area contributed by atoms with Gasteiger partial charge >= 0.3 is 0 Å².